The van der Waals surface area contributed by atoms with E-state index in [-0.39, 0.29) is 11.0 Å². The minimum absolute atomic E-state index is 0.253. The molecule has 0 amide bonds. The van der Waals surface area contributed by atoms with Gasteiger partial charge in [0.15, 0.2) is 9.84 Å². The van der Waals surface area contributed by atoms with Crippen LogP contribution in [0.3, 0.4) is 0 Å². The Kier molecular flexibility index (Phi) is 5.89. The van der Waals surface area contributed by atoms with E-state index in [9.17, 15) is 8.42 Å². The average molecular weight is 262 g/mol. The highest BCUT2D eigenvalue weighted by Gasteiger charge is 2.22. The van der Waals surface area contributed by atoms with Gasteiger partial charge < -0.3 is 5.32 Å². The number of sulfone groups is 1. The summed E-state index contributed by atoms with van der Waals surface area (Å²) in [6, 6.07) is 0.599. The number of rotatable bonds is 7. The predicted octanol–water partition coefficient (Wildman–Crippen LogP) is 0.884. The SMILES string of the molecule is CCN1CCCC1CNCCS(=O)(=O)C(C)C. The van der Waals surface area contributed by atoms with Gasteiger partial charge in [-0.2, -0.15) is 0 Å². The molecule has 0 aromatic carbocycles. The Morgan fingerprint density at radius 2 is 2.12 bits per heavy atom. The van der Waals surface area contributed by atoms with E-state index >= 15 is 0 Å². The zero-order valence-corrected chi connectivity index (χ0v) is 12.1. The van der Waals surface area contributed by atoms with Crippen LogP contribution in [0.25, 0.3) is 0 Å². The van der Waals surface area contributed by atoms with Crippen LogP contribution < -0.4 is 5.32 Å². The van der Waals surface area contributed by atoms with Crippen molar-refractivity contribution < 1.29 is 8.42 Å². The number of likely N-dealkylation sites (N-methyl/N-ethyl adjacent to an activating group) is 1. The lowest BCUT2D eigenvalue weighted by Gasteiger charge is -2.23. The highest BCUT2D eigenvalue weighted by Crippen LogP contribution is 2.15. The van der Waals surface area contributed by atoms with Gasteiger partial charge in [-0.05, 0) is 39.8 Å². The topological polar surface area (TPSA) is 49.4 Å². The third-order valence-corrected chi connectivity index (χ3v) is 5.78. The van der Waals surface area contributed by atoms with Crippen molar-refractivity contribution in [2.45, 2.75) is 44.9 Å². The molecule has 0 bridgehead atoms. The molecule has 0 saturated carbocycles. The zero-order valence-electron chi connectivity index (χ0n) is 11.3. The van der Waals surface area contributed by atoms with E-state index in [4.69, 9.17) is 0 Å². The largest absolute Gasteiger partial charge is 0.314 e. The molecule has 102 valence electrons. The molecule has 0 radical (unpaired) electrons. The molecule has 0 spiro atoms. The highest BCUT2D eigenvalue weighted by atomic mass is 32.2. The summed E-state index contributed by atoms with van der Waals surface area (Å²) in [7, 11) is -2.89. The van der Waals surface area contributed by atoms with E-state index in [1.54, 1.807) is 13.8 Å². The van der Waals surface area contributed by atoms with Gasteiger partial charge in [-0.3, -0.25) is 4.90 Å². The quantitative estimate of drug-likeness (QED) is 0.692. The second kappa shape index (κ2) is 6.71. The molecule has 1 aliphatic heterocycles. The van der Waals surface area contributed by atoms with Gasteiger partial charge in [0.2, 0.25) is 0 Å². The Labute approximate surface area is 106 Å². The Balaban J connectivity index is 2.20. The van der Waals surface area contributed by atoms with E-state index in [1.807, 2.05) is 0 Å². The molecule has 1 heterocycles. The number of nitrogens with one attached hydrogen (secondary N) is 1. The fourth-order valence-corrected chi connectivity index (χ4v) is 3.16. The Morgan fingerprint density at radius 1 is 1.41 bits per heavy atom. The second-order valence-corrected chi connectivity index (χ2v) is 7.72. The van der Waals surface area contributed by atoms with Gasteiger partial charge in [-0.1, -0.05) is 6.92 Å². The van der Waals surface area contributed by atoms with Crippen LogP contribution in [-0.4, -0.2) is 56.5 Å². The third kappa shape index (κ3) is 4.56. The highest BCUT2D eigenvalue weighted by molar-refractivity contribution is 7.92. The molecule has 0 aliphatic carbocycles. The van der Waals surface area contributed by atoms with Crippen molar-refractivity contribution in [3.8, 4) is 0 Å². The van der Waals surface area contributed by atoms with Crippen molar-refractivity contribution in [1.29, 1.82) is 0 Å². The molecule has 1 aliphatic rings. The van der Waals surface area contributed by atoms with Crippen LogP contribution in [0.4, 0.5) is 0 Å². The first-order valence-corrected chi connectivity index (χ1v) is 8.35. The normalized spacial score (nSPS) is 22.5. The number of hydrogen-bond donors (Lipinski definition) is 1. The summed E-state index contributed by atoms with van der Waals surface area (Å²) in [5, 5.41) is 3.02. The van der Waals surface area contributed by atoms with Crippen molar-refractivity contribution in [2.24, 2.45) is 0 Å². The Bertz CT molecular complexity index is 314. The monoisotopic (exact) mass is 262 g/mol. The molecule has 1 atom stereocenters. The van der Waals surface area contributed by atoms with E-state index in [0.717, 1.165) is 13.1 Å². The standard InChI is InChI=1S/C12H26N2O2S/c1-4-14-8-5-6-12(14)10-13-7-9-17(15,16)11(2)3/h11-13H,4-10H2,1-3H3. The summed E-state index contributed by atoms with van der Waals surface area (Å²) in [4.78, 5) is 2.46. The molecular weight excluding hydrogens is 236 g/mol. The van der Waals surface area contributed by atoms with Gasteiger partial charge in [0, 0.05) is 19.1 Å². The summed E-state index contributed by atoms with van der Waals surface area (Å²) in [5.74, 6) is 0.253. The average Bonchev–Trinajstić information content (AvgIpc) is 2.71. The number of hydrogen-bond acceptors (Lipinski definition) is 4. The summed E-state index contributed by atoms with van der Waals surface area (Å²) in [6.07, 6.45) is 2.50. The number of nitrogens with zero attached hydrogens (tertiary/aromatic N) is 1. The molecule has 0 aromatic rings. The lowest BCUT2D eigenvalue weighted by atomic mass is 10.2. The zero-order chi connectivity index (χ0) is 12.9. The van der Waals surface area contributed by atoms with Gasteiger partial charge >= 0.3 is 0 Å². The first-order valence-electron chi connectivity index (χ1n) is 6.63. The van der Waals surface area contributed by atoms with Crippen LogP contribution in [0.1, 0.15) is 33.6 Å². The minimum Gasteiger partial charge on any atom is -0.314 e. The third-order valence-electron chi connectivity index (χ3n) is 3.57. The maximum absolute atomic E-state index is 11.6. The molecule has 1 unspecified atom stereocenters. The molecule has 1 N–H and O–H groups in total. The van der Waals surface area contributed by atoms with Crippen molar-refractivity contribution >= 4 is 9.84 Å². The lowest BCUT2D eigenvalue weighted by Crippen LogP contribution is -2.39. The van der Waals surface area contributed by atoms with Gasteiger partial charge in [0.05, 0.1) is 11.0 Å². The van der Waals surface area contributed by atoms with Crippen LogP contribution in [0.2, 0.25) is 0 Å². The number of likely N-dealkylation sites (tertiary alicyclic amines) is 1. The molecule has 1 fully saturated rings. The molecule has 5 heteroatoms. The van der Waals surface area contributed by atoms with Crippen LogP contribution in [0, 0.1) is 0 Å². The predicted molar refractivity (Wildman–Crippen MR) is 72.1 cm³/mol. The lowest BCUT2D eigenvalue weighted by molar-refractivity contribution is 0.261. The summed E-state index contributed by atoms with van der Waals surface area (Å²) in [6.45, 7) is 9.44. The summed E-state index contributed by atoms with van der Waals surface area (Å²) >= 11 is 0. The van der Waals surface area contributed by atoms with E-state index in [2.05, 4.69) is 17.1 Å². The smallest absolute Gasteiger partial charge is 0.153 e. The Hall–Kier alpha value is -0.130. The molecular formula is C12H26N2O2S. The van der Waals surface area contributed by atoms with Crippen LogP contribution in [0.5, 0.6) is 0 Å². The fraction of sp³-hybridized carbons (Fsp3) is 1.00. The van der Waals surface area contributed by atoms with Crippen LogP contribution >= 0.6 is 0 Å². The molecule has 1 rings (SSSR count). The maximum Gasteiger partial charge on any atom is 0.153 e. The van der Waals surface area contributed by atoms with Gasteiger partial charge in [-0.15, -0.1) is 0 Å². The van der Waals surface area contributed by atoms with E-state index < -0.39 is 9.84 Å². The molecule has 4 nitrogen and oxygen atoms in total. The first kappa shape index (κ1) is 14.9. The van der Waals surface area contributed by atoms with E-state index in [1.165, 1.54) is 19.4 Å². The molecule has 0 aromatic heterocycles. The Morgan fingerprint density at radius 3 is 2.71 bits per heavy atom. The van der Waals surface area contributed by atoms with E-state index in [0.29, 0.717) is 12.6 Å². The molecule has 17 heavy (non-hydrogen) atoms. The fourth-order valence-electron chi connectivity index (χ4n) is 2.26. The maximum atomic E-state index is 11.6. The minimum atomic E-state index is -2.89. The van der Waals surface area contributed by atoms with Gasteiger partial charge in [0.1, 0.15) is 0 Å². The van der Waals surface area contributed by atoms with Crippen LogP contribution in [-0.2, 0) is 9.84 Å². The summed E-state index contributed by atoms with van der Waals surface area (Å²) in [5.41, 5.74) is 0. The van der Waals surface area contributed by atoms with Gasteiger partial charge in [-0.25, -0.2) is 8.42 Å². The van der Waals surface area contributed by atoms with Crippen molar-refractivity contribution in [3.63, 3.8) is 0 Å². The van der Waals surface area contributed by atoms with Crippen molar-refractivity contribution in [2.75, 3.05) is 31.9 Å². The van der Waals surface area contributed by atoms with Crippen molar-refractivity contribution in [3.05, 3.63) is 0 Å². The molecule has 1 saturated heterocycles. The summed E-state index contributed by atoms with van der Waals surface area (Å²) < 4.78 is 23.2. The van der Waals surface area contributed by atoms with Gasteiger partial charge in [0.25, 0.3) is 0 Å². The first-order chi connectivity index (χ1) is 7.97. The second-order valence-electron chi connectivity index (χ2n) is 5.04. The van der Waals surface area contributed by atoms with Crippen molar-refractivity contribution in [1.82, 2.24) is 10.2 Å². The van der Waals surface area contributed by atoms with Crippen LogP contribution in [0.15, 0.2) is 0 Å².